The number of aryl methyl sites for hydroxylation is 1. The lowest BCUT2D eigenvalue weighted by molar-refractivity contribution is 0.367. The Bertz CT molecular complexity index is 838. The Labute approximate surface area is 122 Å². The molecule has 0 bridgehead atoms. The first-order chi connectivity index (χ1) is 9.97. The van der Waals surface area contributed by atoms with E-state index in [0.29, 0.717) is 16.9 Å². The Balaban J connectivity index is 1.91. The van der Waals surface area contributed by atoms with E-state index in [1.165, 1.54) is 12.1 Å². The summed E-state index contributed by atoms with van der Waals surface area (Å²) in [6.07, 6.45) is 0. The highest BCUT2D eigenvalue weighted by atomic mass is 32.2. The van der Waals surface area contributed by atoms with E-state index in [0.717, 1.165) is 17.0 Å². The molecule has 0 aliphatic carbocycles. The van der Waals surface area contributed by atoms with Gasteiger partial charge in [-0.3, -0.25) is 0 Å². The number of sulfone groups is 1. The minimum absolute atomic E-state index is 0.0839. The molecule has 0 saturated heterocycles. The quantitative estimate of drug-likeness (QED) is 0.817. The lowest BCUT2D eigenvalue weighted by atomic mass is 10.1. The molecule has 108 valence electrons. The highest BCUT2D eigenvalue weighted by molar-refractivity contribution is 7.95. The number of hydrogen-bond acceptors (Lipinski definition) is 3. The summed E-state index contributed by atoms with van der Waals surface area (Å²) in [5.41, 5.74) is 1.80. The van der Waals surface area contributed by atoms with Crippen molar-refractivity contribution in [3.8, 4) is 5.75 Å². The zero-order valence-electron chi connectivity index (χ0n) is 11.3. The van der Waals surface area contributed by atoms with E-state index in [4.69, 9.17) is 4.74 Å². The van der Waals surface area contributed by atoms with Gasteiger partial charge in [0.25, 0.3) is 0 Å². The van der Waals surface area contributed by atoms with Crippen LogP contribution >= 0.6 is 0 Å². The second kappa shape index (κ2) is 5.00. The summed E-state index contributed by atoms with van der Waals surface area (Å²) in [5, 5.41) is 1.15. The summed E-state index contributed by atoms with van der Waals surface area (Å²) >= 11 is 0. The normalized spacial score (nSPS) is 15.4. The Kier molecular flexibility index (Phi) is 3.29. The van der Waals surface area contributed by atoms with E-state index in [9.17, 15) is 12.8 Å². The first-order valence-electron chi connectivity index (χ1n) is 6.41. The smallest absolute Gasteiger partial charge is 0.200 e. The largest absolute Gasteiger partial charge is 0.489 e. The fraction of sp³-hybridized carbons (Fsp3) is 0.125. The predicted molar refractivity (Wildman–Crippen MR) is 78.2 cm³/mol. The van der Waals surface area contributed by atoms with Crippen molar-refractivity contribution in [1.82, 2.24) is 0 Å². The van der Waals surface area contributed by atoms with Gasteiger partial charge in [-0.05, 0) is 36.8 Å². The Morgan fingerprint density at radius 2 is 1.90 bits per heavy atom. The van der Waals surface area contributed by atoms with Crippen LogP contribution in [0.3, 0.4) is 0 Å². The van der Waals surface area contributed by atoms with Crippen LogP contribution in [0.5, 0.6) is 5.75 Å². The highest BCUT2D eigenvalue weighted by Gasteiger charge is 2.27. The van der Waals surface area contributed by atoms with Crippen LogP contribution in [0.1, 0.15) is 11.1 Å². The van der Waals surface area contributed by atoms with Crippen molar-refractivity contribution in [3.63, 3.8) is 0 Å². The minimum Gasteiger partial charge on any atom is -0.489 e. The number of fused-ring (bicyclic) bond motifs is 1. The van der Waals surface area contributed by atoms with Gasteiger partial charge >= 0.3 is 0 Å². The molecule has 0 aromatic heterocycles. The number of hydrogen-bond donors (Lipinski definition) is 0. The monoisotopic (exact) mass is 304 g/mol. The number of para-hydroxylation sites is 1. The van der Waals surface area contributed by atoms with Gasteiger partial charge in [-0.15, -0.1) is 0 Å². The second-order valence-corrected chi connectivity index (χ2v) is 6.65. The van der Waals surface area contributed by atoms with E-state index in [1.807, 2.05) is 31.2 Å². The van der Waals surface area contributed by atoms with Crippen LogP contribution in [0.4, 0.5) is 4.39 Å². The SMILES string of the molecule is Cc1ccccc1OCC1=CS(=O)(=O)c2ccc(F)cc21. The molecule has 0 amide bonds. The third-order valence-corrected chi connectivity index (χ3v) is 4.93. The zero-order chi connectivity index (χ0) is 15.0. The molecular weight excluding hydrogens is 291 g/mol. The molecule has 0 N–H and O–H groups in total. The molecule has 21 heavy (non-hydrogen) atoms. The van der Waals surface area contributed by atoms with Crippen molar-refractivity contribution in [2.24, 2.45) is 0 Å². The summed E-state index contributed by atoms with van der Waals surface area (Å²) in [4.78, 5) is 0.132. The molecule has 0 unspecified atom stereocenters. The van der Waals surface area contributed by atoms with Crippen LogP contribution in [0, 0.1) is 12.7 Å². The maximum absolute atomic E-state index is 13.4. The molecule has 0 saturated carbocycles. The van der Waals surface area contributed by atoms with Gasteiger partial charge in [0, 0.05) is 16.5 Å². The number of ether oxygens (including phenoxy) is 1. The lowest BCUT2D eigenvalue weighted by Gasteiger charge is -2.10. The van der Waals surface area contributed by atoms with Crippen LogP contribution in [0.15, 0.2) is 52.8 Å². The van der Waals surface area contributed by atoms with Crippen LogP contribution in [0.25, 0.3) is 5.57 Å². The van der Waals surface area contributed by atoms with E-state index in [1.54, 1.807) is 0 Å². The van der Waals surface area contributed by atoms with E-state index in [2.05, 4.69) is 0 Å². The standard InChI is InChI=1S/C16H13FO3S/c1-11-4-2-3-5-15(11)20-9-12-10-21(18,19)16-7-6-13(17)8-14(12)16/h2-8,10H,9H2,1H3. The molecule has 0 atom stereocenters. The van der Waals surface area contributed by atoms with Gasteiger partial charge in [-0.1, -0.05) is 18.2 Å². The summed E-state index contributed by atoms with van der Waals surface area (Å²) in [6, 6.07) is 11.1. The van der Waals surface area contributed by atoms with Gasteiger partial charge in [0.15, 0.2) is 0 Å². The molecule has 0 fully saturated rings. The molecule has 2 aromatic carbocycles. The average Bonchev–Trinajstić information content (AvgIpc) is 2.69. The molecule has 2 aromatic rings. The lowest BCUT2D eigenvalue weighted by Crippen LogP contribution is -2.01. The molecular formula is C16H13FO3S. The van der Waals surface area contributed by atoms with E-state index in [-0.39, 0.29) is 11.5 Å². The van der Waals surface area contributed by atoms with Crippen LogP contribution < -0.4 is 4.74 Å². The van der Waals surface area contributed by atoms with E-state index >= 15 is 0 Å². The second-order valence-electron chi connectivity index (χ2n) is 4.88. The fourth-order valence-electron chi connectivity index (χ4n) is 2.30. The van der Waals surface area contributed by atoms with Gasteiger partial charge in [-0.25, -0.2) is 12.8 Å². The van der Waals surface area contributed by atoms with Gasteiger partial charge < -0.3 is 4.74 Å². The zero-order valence-corrected chi connectivity index (χ0v) is 12.2. The molecule has 3 nitrogen and oxygen atoms in total. The first-order valence-corrected chi connectivity index (χ1v) is 7.96. The van der Waals surface area contributed by atoms with E-state index < -0.39 is 15.7 Å². The molecule has 3 rings (SSSR count). The Hall–Kier alpha value is -2.14. The number of benzene rings is 2. The predicted octanol–water partition coefficient (Wildman–Crippen LogP) is 3.34. The Morgan fingerprint density at radius 3 is 2.67 bits per heavy atom. The van der Waals surface area contributed by atoms with Crippen LogP contribution in [0.2, 0.25) is 0 Å². The van der Waals surface area contributed by atoms with Crippen molar-refractivity contribution >= 4 is 15.4 Å². The maximum atomic E-state index is 13.4. The Morgan fingerprint density at radius 1 is 1.14 bits per heavy atom. The molecule has 5 heteroatoms. The summed E-state index contributed by atoms with van der Waals surface area (Å²) in [7, 11) is -3.49. The van der Waals surface area contributed by atoms with Gasteiger partial charge in [0.2, 0.25) is 9.84 Å². The van der Waals surface area contributed by atoms with Crippen molar-refractivity contribution in [2.75, 3.05) is 6.61 Å². The van der Waals surface area contributed by atoms with Crippen LogP contribution in [-0.2, 0) is 9.84 Å². The number of rotatable bonds is 3. The number of halogens is 1. The summed E-state index contributed by atoms with van der Waals surface area (Å²) in [5.74, 6) is 0.216. The maximum Gasteiger partial charge on any atom is 0.200 e. The third kappa shape index (κ3) is 2.56. The van der Waals surface area contributed by atoms with Gasteiger partial charge in [-0.2, -0.15) is 0 Å². The van der Waals surface area contributed by atoms with Crippen molar-refractivity contribution in [1.29, 1.82) is 0 Å². The topological polar surface area (TPSA) is 43.4 Å². The van der Waals surface area contributed by atoms with Gasteiger partial charge in [0.1, 0.15) is 18.2 Å². The summed E-state index contributed by atoms with van der Waals surface area (Å²) in [6.45, 7) is 1.99. The van der Waals surface area contributed by atoms with Crippen molar-refractivity contribution in [3.05, 3.63) is 64.8 Å². The summed E-state index contributed by atoms with van der Waals surface area (Å²) < 4.78 is 43.0. The molecule has 0 radical (unpaired) electrons. The average molecular weight is 304 g/mol. The highest BCUT2D eigenvalue weighted by Crippen LogP contribution is 2.34. The fourth-order valence-corrected chi connectivity index (χ4v) is 3.75. The van der Waals surface area contributed by atoms with Gasteiger partial charge in [0.05, 0.1) is 4.90 Å². The molecule has 1 aliphatic rings. The molecule has 0 spiro atoms. The minimum atomic E-state index is -3.49. The third-order valence-electron chi connectivity index (χ3n) is 3.37. The first kappa shape index (κ1) is 13.8. The molecule has 1 aliphatic heterocycles. The van der Waals surface area contributed by atoms with Crippen molar-refractivity contribution < 1.29 is 17.5 Å². The van der Waals surface area contributed by atoms with Crippen molar-refractivity contribution in [2.45, 2.75) is 11.8 Å². The molecule has 1 heterocycles. The van der Waals surface area contributed by atoms with Crippen LogP contribution in [-0.4, -0.2) is 15.0 Å².